The van der Waals surface area contributed by atoms with Gasteiger partial charge in [0.1, 0.15) is 5.82 Å². The van der Waals surface area contributed by atoms with Gasteiger partial charge in [0.05, 0.1) is 5.02 Å². The minimum atomic E-state index is -0.372. The average Bonchev–Trinajstić information content (AvgIpc) is 2.43. The zero-order valence-electron chi connectivity index (χ0n) is 10.9. The van der Waals surface area contributed by atoms with Crippen molar-refractivity contribution in [3.05, 3.63) is 70.5 Å². The van der Waals surface area contributed by atoms with E-state index in [2.05, 4.69) is 24.4 Å². The summed E-state index contributed by atoms with van der Waals surface area (Å²) in [7, 11) is 0. The van der Waals surface area contributed by atoms with Gasteiger partial charge in [0.2, 0.25) is 0 Å². The van der Waals surface area contributed by atoms with Crippen LogP contribution in [0, 0.1) is 5.82 Å². The Hall–Kier alpha value is -1.38. The van der Waals surface area contributed by atoms with Crippen LogP contribution in [-0.2, 0) is 6.54 Å². The van der Waals surface area contributed by atoms with E-state index in [1.165, 1.54) is 11.6 Å². The molecule has 100 valence electrons. The maximum Gasteiger partial charge on any atom is 0.141 e. The van der Waals surface area contributed by atoms with Gasteiger partial charge in [0, 0.05) is 13.1 Å². The van der Waals surface area contributed by atoms with E-state index in [4.69, 9.17) is 11.6 Å². The molecule has 0 heterocycles. The Morgan fingerprint density at radius 3 is 2.58 bits per heavy atom. The molecule has 2 rings (SSSR count). The van der Waals surface area contributed by atoms with Gasteiger partial charge in [-0.25, -0.2) is 4.39 Å². The molecule has 1 unspecified atom stereocenters. The van der Waals surface area contributed by atoms with Gasteiger partial charge in [-0.3, -0.25) is 0 Å². The Labute approximate surface area is 118 Å². The zero-order valence-corrected chi connectivity index (χ0v) is 11.6. The fourth-order valence-corrected chi connectivity index (χ4v) is 2.19. The smallest absolute Gasteiger partial charge is 0.141 e. The Balaban J connectivity index is 1.85. The van der Waals surface area contributed by atoms with Crippen molar-refractivity contribution < 1.29 is 4.39 Å². The number of benzene rings is 2. The van der Waals surface area contributed by atoms with Gasteiger partial charge in [-0.05, 0) is 29.2 Å². The predicted molar refractivity (Wildman–Crippen MR) is 78.0 cm³/mol. The Bertz CT molecular complexity index is 528. The molecule has 2 aromatic rings. The highest BCUT2D eigenvalue weighted by atomic mass is 35.5. The van der Waals surface area contributed by atoms with Crippen LogP contribution in [0.5, 0.6) is 0 Å². The molecule has 0 fully saturated rings. The standard InChI is InChI=1S/C16H17ClFN/c1-12(14-5-3-2-4-6-14)10-19-11-13-7-8-16(18)15(17)9-13/h2-9,12,19H,10-11H2,1H3. The molecule has 0 radical (unpaired) electrons. The molecule has 0 amide bonds. The summed E-state index contributed by atoms with van der Waals surface area (Å²) < 4.78 is 13.0. The van der Waals surface area contributed by atoms with E-state index in [-0.39, 0.29) is 10.8 Å². The third kappa shape index (κ3) is 4.05. The summed E-state index contributed by atoms with van der Waals surface area (Å²) in [4.78, 5) is 0. The van der Waals surface area contributed by atoms with Gasteiger partial charge in [-0.1, -0.05) is 54.9 Å². The van der Waals surface area contributed by atoms with Gasteiger partial charge < -0.3 is 5.32 Å². The third-order valence-electron chi connectivity index (χ3n) is 3.13. The molecule has 0 aliphatic heterocycles. The first-order chi connectivity index (χ1) is 9.16. The normalized spacial score (nSPS) is 12.4. The number of hydrogen-bond donors (Lipinski definition) is 1. The fraction of sp³-hybridized carbons (Fsp3) is 0.250. The second-order valence-corrected chi connectivity index (χ2v) is 5.10. The highest BCUT2D eigenvalue weighted by Crippen LogP contribution is 2.16. The van der Waals surface area contributed by atoms with E-state index in [1.807, 2.05) is 18.2 Å². The van der Waals surface area contributed by atoms with Crippen LogP contribution in [0.15, 0.2) is 48.5 Å². The van der Waals surface area contributed by atoms with E-state index in [0.29, 0.717) is 12.5 Å². The highest BCUT2D eigenvalue weighted by Gasteiger charge is 2.05. The van der Waals surface area contributed by atoms with Crippen LogP contribution in [0.2, 0.25) is 5.02 Å². The summed E-state index contributed by atoms with van der Waals surface area (Å²) in [6.45, 7) is 3.75. The monoisotopic (exact) mass is 277 g/mol. The zero-order chi connectivity index (χ0) is 13.7. The molecule has 0 bridgehead atoms. The molecule has 1 N–H and O–H groups in total. The first-order valence-electron chi connectivity index (χ1n) is 6.36. The number of halogens is 2. The van der Waals surface area contributed by atoms with E-state index < -0.39 is 0 Å². The lowest BCUT2D eigenvalue weighted by atomic mass is 10.0. The summed E-state index contributed by atoms with van der Waals surface area (Å²) in [6.07, 6.45) is 0. The van der Waals surface area contributed by atoms with Crippen molar-refractivity contribution in [3.8, 4) is 0 Å². The molecule has 0 saturated heterocycles. The highest BCUT2D eigenvalue weighted by molar-refractivity contribution is 6.30. The minimum absolute atomic E-state index is 0.176. The van der Waals surface area contributed by atoms with Crippen LogP contribution in [0.4, 0.5) is 4.39 Å². The lowest BCUT2D eigenvalue weighted by Gasteiger charge is -2.13. The summed E-state index contributed by atoms with van der Waals surface area (Å²) in [5.41, 5.74) is 2.30. The summed E-state index contributed by atoms with van der Waals surface area (Å²) in [5, 5.41) is 3.54. The van der Waals surface area contributed by atoms with Crippen molar-refractivity contribution in [1.82, 2.24) is 5.32 Å². The molecule has 19 heavy (non-hydrogen) atoms. The number of nitrogens with one attached hydrogen (secondary N) is 1. The van der Waals surface area contributed by atoms with Crippen LogP contribution < -0.4 is 5.32 Å². The van der Waals surface area contributed by atoms with Gasteiger partial charge in [-0.2, -0.15) is 0 Å². The lowest BCUT2D eigenvalue weighted by Crippen LogP contribution is -2.19. The molecule has 0 aliphatic rings. The van der Waals surface area contributed by atoms with Gasteiger partial charge in [0.15, 0.2) is 0 Å². The van der Waals surface area contributed by atoms with Crippen LogP contribution in [0.1, 0.15) is 24.0 Å². The topological polar surface area (TPSA) is 12.0 Å². The SMILES string of the molecule is CC(CNCc1ccc(F)c(Cl)c1)c1ccccc1. The van der Waals surface area contributed by atoms with E-state index in [1.54, 1.807) is 12.1 Å². The molecular formula is C16H17ClFN. The van der Waals surface area contributed by atoms with E-state index >= 15 is 0 Å². The van der Waals surface area contributed by atoms with Crippen LogP contribution in [0.25, 0.3) is 0 Å². The third-order valence-corrected chi connectivity index (χ3v) is 3.42. The summed E-state index contributed by atoms with van der Waals surface area (Å²) >= 11 is 5.75. The number of rotatable bonds is 5. The second kappa shape index (κ2) is 6.69. The Morgan fingerprint density at radius 1 is 1.16 bits per heavy atom. The number of hydrogen-bond acceptors (Lipinski definition) is 1. The van der Waals surface area contributed by atoms with Crippen molar-refractivity contribution in [2.45, 2.75) is 19.4 Å². The molecule has 0 saturated carbocycles. The van der Waals surface area contributed by atoms with Crippen molar-refractivity contribution >= 4 is 11.6 Å². The van der Waals surface area contributed by atoms with Crippen molar-refractivity contribution in [3.63, 3.8) is 0 Å². The average molecular weight is 278 g/mol. The second-order valence-electron chi connectivity index (χ2n) is 4.69. The van der Waals surface area contributed by atoms with Gasteiger partial charge in [0.25, 0.3) is 0 Å². The summed E-state index contributed by atoms with van der Waals surface area (Å²) in [5.74, 6) is 0.0696. The van der Waals surface area contributed by atoms with Crippen LogP contribution in [-0.4, -0.2) is 6.54 Å². The maximum atomic E-state index is 13.0. The Morgan fingerprint density at radius 2 is 1.89 bits per heavy atom. The lowest BCUT2D eigenvalue weighted by molar-refractivity contribution is 0.609. The molecule has 0 spiro atoms. The van der Waals surface area contributed by atoms with Crippen LogP contribution in [0.3, 0.4) is 0 Å². The molecule has 0 aliphatic carbocycles. The van der Waals surface area contributed by atoms with E-state index in [0.717, 1.165) is 12.1 Å². The van der Waals surface area contributed by atoms with Crippen molar-refractivity contribution in [2.75, 3.05) is 6.54 Å². The molecule has 3 heteroatoms. The summed E-state index contributed by atoms with van der Waals surface area (Å²) in [6, 6.07) is 15.2. The Kier molecular flexibility index (Phi) is 4.94. The molecule has 2 aromatic carbocycles. The first-order valence-corrected chi connectivity index (χ1v) is 6.74. The van der Waals surface area contributed by atoms with Gasteiger partial charge in [-0.15, -0.1) is 0 Å². The maximum absolute atomic E-state index is 13.0. The molecule has 1 atom stereocenters. The van der Waals surface area contributed by atoms with Gasteiger partial charge >= 0.3 is 0 Å². The van der Waals surface area contributed by atoms with E-state index in [9.17, 15) is 4.39 Å². The molecular weight excluding hydrogens is 261 g/mol. The van der Waals surface area contributed by atoms with Crippen LogP contribution >= 0.6 is 11.6 Å². The minimum Gasteiger partial charge on any atom is -0.312 e. The largest absolute Gasteiger partial charge is 0.312 e. The first kappa shape index (κ1) is 14.0. The predicted octanol–water partition coefficient (Wildman–Crippen LogP) is 4.37. The fourth-order valence-electron chi connectivity index (χ4n) is 1.98. The van der Waals surface area contributed by atoms with Crippen molar-refractivity contribution in [1.29, 1.82) is 0 Å². The van der Waals surface area contributed by atoms with Crippen molar-refractivity contribution in [2.24, 2.45) is 0 Å². The molecule has 1 nitrogen and oxygen atoms in total. The molecule has 0 aromatic heterocycles. The quantitative estimate of drug-likeness (QED) is 0.856.